The number of nitrogens with zero attached hydrogens (tertiary/aromatic N) is 2. The molecule has 2 unspecified atom stereocenters. The van der Waals surface area contributed by atoms with Gasteiger partial charge < -0.3 is 5.43 Å². The van der Waals surface area contributed by atoms with Crippen molar-refractivity contribution in [3.63, 3.8) is 0 Å². The largest absolute Gasteiger partial charge is 0.323 e. The van der Waals surface area contributed by atoms with Crippen LogP contribution in [0.3, 0.4) is 0 Å². The van der Waals surface area contributed by atoms with Crippen LogP contribution in [0.4, 0.5) is 5.69 Å². The highest BCUT2D eigenvalue weighted by Crippen LogP contribution is 2.30. The number of hydrogen-bond acceptors (Lipinski definition) is 5. The summed E-state index contributed by atoms with van der Waals surface area (Å²) in [5, 5.41) is 0. The molecule has 1 saturated heterocycles. The first-order chi connectivity index (χ1) is 8.96. The maximum atomic E-state index is 12.7. The van der Waals surface area contributed by atoms with Crippen LogP contribution in [-0.4, -0.2) is 30.3 Å². The van der Waals surface area contributed by atoms with E-state index >= 15 is 0 Å². The van der Waals surface area contributed by atoms with Crippen molar-refractivity contribution in [3.05, 3.63) is 18.5 Å². The van der Waals surface area contributed by atoms with Gasteiger partial charge in [-0.25, -0.2) is 8.42 Å². The molecule has 0 bridgehead atoms. The monoisotopic (exact) mass is 284 g/mol. The van der Waals surface area contributed by atoms with Crippen molar-refractivity contribution >= 4 is 15.7 Å². The number of hydrazine groups is 1. The smallest absolute Gasteiger partial charge is 0.246 e. The van der Waals surface area contributed by atoms with Crippen LogP contribution >= 0.6 is 0 Å². The van der Waals surface area contributed by atoms with Gasteiger partial charge in [0.2, 0.25) is 10.0 Å². The van der Waals surface area contributed by atoms with E-state index in [1.807, 2.05) is 6.92 Å². The van der Waals surface area contributed by atoms with Crippen LogP contribution in [0.25, 0.3) is 0 Å². The maximum absolute atomic E-state index is 12.7. The van der Waals surface area contributed by atoms with E-state index in [0.29, 0.717) is 18.2 Å². The second-order valence-electron chi connectivity index (χ2n) is 5.12. The fraction of sp³-hybridized carbons (Fsp3) is 0.583. The Morgan fingerprint density at radius 1 is 1.42 bits per heavy atom. The summed E-state index contributed by atoms with van der Waals surface area (Å²) in [7, 11) is -3.56. The quantitative estimate of drug-likeness (QED) is 0.642. The Morgan fingerprint density at radius 2 is 2.16 bits per heavy atom. The Labute approximate surface area is 114 Å². The van der Waals surface area contributed by atoms with E-state index in [9.17, 15) is 8.42 Å². The first-order valence-corrected chi connectivity index (χ1v) is 7.83. The molecule has 0 spiro atoms. The normalized spacial score (nSPS) is 25.2. The van der Waals surface area contributed by atoms with Gasteiger partial charge in [-0.2, -0.15) is 4.31 Å². The summed E-state index contributed by atoms with van der Waals surface area (Å²) in [5.41, 5.74) is 2.80. The van der Waals surface area contributed by atoms with Gasteiger partial charge in [-0.15, -0.1) is 0 Å². The molecule has 1 fully saturated rings. The van der Waals surface area contributed by atoms with Gasteiger partial charge in [0, 0.05) is 25.0 Å². The Kier molecular flexibility index (Phi) is 4.07. The van der Waals surface area contributed by atoms with Crippen molar-refractivity contribution in [2.45, 2.75) is 37.6 Å². The van der Waals surface area contributed by atoms with Gasteiger partial charge in [-0.05, 0) is 31.7 Å². The first-order valence-electron chi connectivity index (χ1n) is 6.39. The van der Waals surface area contributed by atoms with Gasteiger partial charge in [0.15, 0.2) is 0 Å². The van der Waals surface area contributed by atoms with Crippen molar-refractivity contribution in [2.75, 3.05) is 12.0 Å². The first kappa shape index (κ1) is 14.2. The lowest BCUT2D eigenvalue weighted by Crippen LogP contribution is -2.45. The molecule has 0 radical (unpaired) electrons. The van der Waals surface area contributed by atoms with Crippen LogP contribution < -0.4 is 11.3 Å². The van der Waals surface area contributed by atoms with Gasteiger partial charge in [0.25, 0.3) is 0 Å². The number of anilines is 1. The molecule has 2 rings (SSSR count). The molecule has 1 aliphatic heterocycles. The number of nitrogens with two attached hydrogens (primary N) is 1. The van der Waals surface area contributed by atoms with Gasteiger partial charge >= 0.3 is 0 Å². The summed E-state index contributed by atoms with van der Waals surface area (Å²) in [6.07, 6.45) is 4.79. The zero-order chi connectivity index (χ0) is 14.0. The number of piperidine rings is 1. The maximum Gasteiger partial charge on any atom is 0.246 e. The molecule has 0 amide bonds. The van der Waals surface area contributed by atoms with Gasteiger partial charge in [-0.3, -0.25) is 10.8 Å². The van der Waals surface area contributed by atoms with Gasteiger partial charge in [0.05, 0.1) is 5.69 Å². The van der Waals surface area contributed by atoms with Crippen LogP contribution in [0.15, 0.2) is 23.4 Å². The van der Waals surface area contributed by atoms with Crippen LogP contribution in [0.5, 0.6) is 0 Å². The SMILES string of the molecule is CC1CCC(C)N(S(=O)(=O)c2cnccc2NN)C1. The summed E-state index contributed by atoms with van der Waals surface area (Å²) < 4.78 is 27.0. The Morgan fingerprint density at radius 3 is 2.84 bits per heavy atom. The minimum absolute atomic E-state index is 0.00651. The van der Waals surface area contributed by atoms with E-state index in [2.05, 4.69) is 17.3 Å². The minimum Gasteiger partial charge on any atom is -0.323 e. The van der Waals surface area contributed by atoms with Crippen molar-refractivity contribution in [1.29, 1.82) is 0 Å². The number of nitrogens with one attached hydrogen (secondary N) is 1. The molecule has 2 heterocycles. The molecule has 0 aromatic carbocycles. The van der Waals surface area contributed by atoms with E-state index in [0.717, 1.165) is 12.8 Å². The highest BCUT2D eigenvalue weighted by molar-refractivity contribution is 7.89. The summed E-state index contributed by atoms with van der Waals surface area (Å²) in [6.45, 7) is 4.55. The molecule has 1 aliphatic rings. The average Bonchev–Trinajstić information content (AvgIpc) is 2.41. The van der Waals surface area contributed by atoms with Crippen molar-refractivity contribution in [3.8, 4) is 0 Å². The molecule has 7 heteroatoms. The number of rotatable bonds is 3. The molecule has 2 atom stereocenters. The zero-order valence-electron chi connectivity index (χ0n) is 11.2. The summed E-state index contributed by atoms with van der Waals surface area (Å²) >= 11 is 0. The standard InChI is InChI=1S/C12H20N4O2S/c1-9-3-4-10(2)16(8-9)19(17,18)12-7-14-6-5-11(12)15-13/h5-7,9-10H,3-4,8,13H2,1-2H3,(H,14,15). The predicted molar refractivity (Wildman–Crippen MR) is 73.8 cm³/mol. The molecule has 0 aliphatic carbocycles. The van der Waals surface area contributed by atoms with Crippen molar-refractivity contribution in [2.24, 2.45) is 11.8 Å². The lowest BCUT2D eigenvalue weighted by atomic mass is 9.97. The molecular formula is C12H20N4O2S. The number of pyridine rings is 1. The fourth-order valence-electron chi connectivity index (χ4n) is 2.41. The second kappa shape index (κ2) is 5.44. The minimum atomic E-state index is -3.56. The molecular weight excluding hydrogens is 264 g/mol. The van der Waals surface area contributed by atoms with Crippen molar-refractivity contribution < 1.29 is 8.42 Å². The van der Waals surface area contributed by atoms with Crippen LogP contribution in [-0.2, 0) is 10.0 Å². The summed E-state index contributed by atoms with van der Waals surface area (Å²) in [6, 6.07) is 1.57. The Balaban J connectivity index is 2.41. The highest BCUT2D eigenvalue weighted by Gasteiger charge is 2.34. The second-order valence-corrected chi connectivity index (χ2v) is 6.98. The van der Waals surface area contributed by atoms with Crippen LogP contribution in [0, 0.1) is 5.92 Å². The van der Waals surface area contributed by atoms with Crippen LogP contribution in [0.2, 0.25) is 0 Å². The van der Waals surface area contributed by atoms with E-state index in [4.69, 9.17) is 5.84 Å². The Bertz CT molecular complexity index is 546. The number of sulfonamides is 1. The number of aromatic nitrogens is 1. The zero-order valence-corrected chi connectivity index (χ0v) is 12.0. The molecule has 1 aromatic heterocycles. The fourth-order valence-corrected chi connectivity index (χ4v) is 4.30. The third-order valence-corrected chi connectivity index (χ3v) is 5.59. The van der Waals surface area contributed by atoms with E-state index < -0.39 is 10.0 Å². The average molecular weight is 284 g/mol. The third kappa shape index (κ3) is 2.72. The van der Waals surface area contributed by atoms with Crippen LogP contribution in [0.1, 0.15) is 26.7 Å². The summed E-state index contributed by atoms with van der Waals surface area (Å²) in [5.74, 6) is 5.75. The summed E-state index contributed by atoms with van der Waals surface area (Å²) in [4.78, 5) is 4.03. The van der Waals surface area contributed by atoms with E-state index in [1.165, 1.54) is 12.4 Å². The highest BCUT2D eigenvalue weighted by atomic mass is 32.2. The lowest BCUT2D eigenvalue weighted by Gasteiger charge is -2.35. The number of hydrogen-bond donors (Lipinski definition) is 2. The van der Waals surface area contributed by atoms with Crippen molar-refractivity contribution in [1.82, 2.24) is 9.29 Å². The topological polar surface area (TPSA) is 88.3 Å². The molecule has 1 aromatic rings. The number of nitrogen functional groups attached to an aromatic ring is 1. The molecule has 106 valence electrons. The van der Waals surface area contributed by atoms with E-state index in [1.54, 1.807) is 10.4 Å². The molecule has 6 nitrogen and oxygen atoms in total. The lowest BCUT2D eigenvalue weighted by molar-refractivity contribution is 0.218. The van der Waals surface area contributed by atoms with Gasteiger partial charge in [0.1, 0.15) is 4.90 Å². The molecule has 3 N–H and O–H groups in total. The molecule has 0 saturated carbocycles. The van der Waals surface area contributed by atoms with Gasteiger partial charge in [-0.1, -0.05) is 6.92 Å². The Hall–Kier alpha value is -1.18. The van der Waals surface area contributed by atoms with E-state index in [-0.39, 0.29) is 10.9 Å². The third-order valence-electron chi connectivity index (χ3n) is 3.59. The predicted octanol–water partition coefficient (Wildman–Crippen LogP) is 1.18. The molecule has 19 heavy (non-hydrogen) atoms.